The summed E-state index contributed by atoms with van der Waals surface area (Å²) in [6.07, 6.45) is 4.46. The van der Waals surface area contributed by atoms with Gasteiger partial charge in [-0.3, -0.25) is 0 Å². The van der Waals surface area contributed by atoms with Gasteiger partial charge in [0.15, 0.2) is 17.0 Å². The Morgan fingerprint density at radius 2 is 2.28 bits per heavy atom. The molecule has 4 heteroatoms. The molecule has 0 aliphatic heterocycles. The van der Waals surface area contributed by atoms with E-state index in [1.54, 1.807) is 7.11 Å². The fourth-order valence-corrected chi connectivity index (χ4v) is 2.66. The maximum atomic E-state index is 5.87. The van der Waals surface area contributed by atoms with Crippen molar-refractivity contribution in [1.82, 2.24) is 4.98 Å². The average Bonchev–Trinajstić information content (AvgIpc) is 2.75. The van der Waals surface area contributed by atoms with E-state index in [-0.39, 0.29) is 5.41 Å². The molecule has 0 bridgehead atoms. The minimum atomic E-state index is 0.216. The number of fused-ring (bicyclic) bond motifs is 1. The molecule has 2 aromatic rings. The van der Waals surface area contributed by atoms with E-state index < -0.39 is 0 Å². The second-order valence-corrected chi connectivity index (χ2v) is 5.15. The molecule has 1 heterocycles. The van der Waals surface area contributed by atoms with Gasteiger partial charge >= 0.3 is 0 Å². The van der Waals surface area contributed by atoms with Crippen LogP contribution in [0.5, 0.6) is 5.75 Å². The van der Waals surface area contributed by atoms with Crippen molar-refractivity contribution in [2.45, 2.75) is 25.7 Å². The van der Waals surface area contributed by atoms with Crippen LogP contribution in [0.4, 0.5) is 0 Å². The molecule has 0 unspecified atom stereocenters. The van der Waals surface area contributed by atoms with E-state index in [0.717, 1.165) is 29.2 Å². The summed E-state index contributed by atoms with van der Waals surface area (Å²) in [5.41, 5.74) is 7.68. The fourth-order valence-electron chi connectivity index (χ4n) is 2.66. The molecule has 1 aliphatic rings. The molecular weight excluding hydrogens is 228 g/mol. The molecule has 96 valence electrons. The Balaban J connectivity index is 1.93. The van der Waals surface area contributed by atoms with Gasteiger partial charge in [-0.05, 0) is 36.9 Å². The molecule has 0 spiro atoms. The predicted molar refractivity (Wildman–Crippen MR) is 69.6 cm³/mol. The lowest BCUT2D eigenvalue weighted by atomic mass is 9.67. The van der Waals surface area contributed by atoms with Crippen molar-refractivity contribution in [2.75, 3.05) is 13.7 Å². The van der Waals surface area contributed by atoms with E-state index in [0.29, 0.717) is 6.54 Å². The predicted octanol–water partition coefficient (Wildman–Crippen LogP) is 2.51. The van der Waals surface area contributed by atoms with Crippen molar-refractivity contribution in [3.63, 3.8) is 0 Å². The number of oxazole rings is 1. The van der Waals surface area contributed by atoms with Crippen molar-refractivity contribution in [3.8, 4) is 5.75 Å². The van der Waals surface area contributed by atoms with Crippen LogP contribution in [-0.4, -0.2) is 18.6 Å². The average molecular weight is 246 g/mol. The highest BCUT2D eigenvalue weighted by Gasteiger charge is 2.37. The molecule has 0 radical (unpaired) electrons. The first-order chi connectivity index (χ1) is 8.76. The molecule has 2 N–H and O–H groups in total. The topological polar surface area (TPSA) is 61.3 Å². The van der Waals surface area contributed by atoms with E-state index in [9.17, 15) is 0 Å². The summed E-state index contributed by atoms with van der Waals surface area (Å²) in [4.78, 5) is 4.55. The van der Waals surface area contributed by atoms with Crippen molar-refractivity contribution in [3.05, 3.63) is 24.1 Å². The number of ether oxygens (including phenoxy) is 1. The molecule has 1 aromatic carbocycles. The zero-order chi connectivity index (χ0) is 12.6. The summed E-state index contributed by atoms with van der Waals surface area (Å²) in [6, 6.07) is 5.74. The number of hydrogen-bond acceptors (Lipinski definition) is 4. The number of benzene rings is 1. The van der Waals surface area contributed by atoms with Crippen LogP contribution in [0.2, 0.25) is 0 Å². The third-order valence-corrected chi connectivity index (χ3v) is 4.02. The Labute approximate surface area is 106 Å². The number of nitrogens with two attached hydrogens (primary N) is 1. The van der Waals surface area contributed by atoms with Gasteiger partial charge in [0, 0.05) is 6.42 Å². The normalized spacial score (nSPS) is 17.7. The molecular formula is C14H18N2O2. The van der Waals surface area contributed by atoms with Crippen LogP contribution in [0.1, 0.15) is 25.2 Å². The number of para-hydroxylation sites is 1. The van der Waals surface area contributed by atoms with Gasteiger partial charge in [0.25, 0.3) is 0 Å². The van der Waals surface area contributed by atoms with Crippen molar-refractivity contribution in [1.29, 1.82) is 0 Å². The first-order valence-electron chi connectivity index (χ1n) is 6.39. The van der Waals surface area contributed by atoms with E-state index in [1.807, 2.05) is 18.2 Å². The summed E-state index contributed by atoms with van der Waals surface area (Å²) in [5.74, 6) is 1.54. The van der Waals surface area contributed by atoms with Gasteiger partial charge in [-0.15, -0.1) is 0 Å². The second kappa shape index (κ2) is 4.28. The number of nitrogens with zero attached hydrogens (tertiary/aromatic N) is 1. The lowest BCUT2D eigenvalue weighted by molar-refractivity contribution is 0.134. The standard InChI is InChI=1S/C14H18N2O2/c1-17-10-4-2-5-11-13(10)16-12(18-11)8-14(9-15)6-3-7-14/h2,4-5H,3,6-9,15H2,1H3. The summed E-state index contributed by atoms with van der Waals surface area (Å²) < 4.78 is 11.1. The first-order valence-corrected chi connectivity index (χ1v) is 6.39. The monoisotopic (exact) mass is 246 g/mol. The van der Waals surface area contributed by atoms with Crippen LogP contribution in [0.25, 0.3) is 11.1 Å². The maximum Gasteiger partial charge on any atom is 0.196 e. The van der Waals surface area contributed by atoms with Gasteiger partial charge in [-0.2, -0.15) is 0 Å². The number of hydrogen-bond donors (Lipinski definition) is 1. The number of rotatable bonds is 4. The lowest BCUT2D eigenvalue weighted by Crippen LogP contribution is -2.39. The molecule has 4 nitrogen and oxygen atoms in total. The molecule has 18 heavy (non-hydrogen) atoms. The quantitative estimate of drug-likeness (QED) is 0.900. The molecule has 0 saturated heterocycles. The first kappa shape index (κ1) is 11.5. The molecule has 1 saturated carbocycles. The molecule has 1 fully saturated rings. The Hall–Kier alpha value is -1.55. The van der Waals surface area contributed by atoms with Gasteiger partial charge in [-0.25, -0.2) is 4.98 Å². The number of aromatic nitrogens is 1. The van der Waals surface area contributed by atoms with Crippen LogP contribution in [0.3, 0.4) is 0 Å². The van der Waals surface area contributed by atoms with Crippen molar-refractivity contribution in [2.24, 2.45) is 11.1 Å². The second-order valence-electron chi connectivity index (χ2n) is 5.15. The highest BCUT2D eigenvalue weighted by Crippen LogP contribution is 2.43. The highest BCUT2D eigenvalue weighted by molar-refractivity contribution is 5.79. The van der Waals surface area contributed by atoms with Gasteiger partial charge < -0.3 is 14.9 Å². The van der Waals surface area contributed by atoms with Crippen LogP contribution < -0.4 is 10.5 Å². The molecule has 3 rings (SSSR count). The molecule has 0 amide bonds. The smallest absolute Gasteiger partial charge is 0.196 e. The largest absolute Gasteiger partial charge is 0.494 e. The van der Waals surface area contributed by atoms with Crippen molar-refractivity contribution >= 4 is 11.1 Å². The van der Waals surface area contributed by atoms with Crippen LogP contribution in [-0.2, 0) is 6.42 Å². The number of methoxy groups -OCH3 is 1. The third kappa shape index (κ3) is 1.77. The molecule has 1 aliphatic carbocycles. The fraction of sp³-hybridized carbons (Fsp3) is 0.500. The van der Waals surface area contributed by atoms with E-state index >= 15 is 0 Å². The maximum absolute atomic E-state index is 5.87. The summed E-state index contributed by atoms with van der Waals surface area (Å²) in [6.45, 7) is 0.711. The van der Waals surface area contributed by atoms with E-state index in [2.05, 4.69) is 4.98 Å². The van der Waals surface area contributed by atoms with Gasteiger partial charge in [0.05, 0.1) is 7.11 Å². The SMILES string of the molecule is COc1cccc2oc(CC3(CN)CCC3)nc12. The minimum absolute atomic E-state index is 0.216. The Morgan fingerprint density at radius 1 is 1.44 bits per heavy atom. The van der Waals surface area contributed by atoms with Gasteiger partial charge in [0.2, 0.25) is 0 Å². The van der Waals surface area contributed by atoms with Crippen molar-refractivity contribution < 1.29 is 9.15 Å². The Morgan fingerprint density at radius 3 is 2.89 bits per heavy atom. The zero-order valence-electron chi connectivity index (χ0n) is 10.6. The summed E-state index contributed by atoms with van der Waals surface area (Å²) >= 11 is 0. The Kier molecular flexibility index (Phi) is 2.74. The summed E-state index contributed by atoms with van der Waals surface area (Å²) in [5, 5.41) is 0. The molecule has 0 atom stereocenters. The summed E-state index contributed by atoms with van der Waals surface area (Å²) in [7, 11) is 1.65. The molecule has 1 aromatic heterocycles. The Bertz CT molecular complexity index is 552. The van der Waals surface area contributed by atoms with Gasteiger partial charge in [0.1, 0.15) is 5.75 Å². The van der Waals surface area contributed by atoms with Crippen LogP contribution in [0, 0.1) is 5.41 Å². The van der Waals surface area contributed by atoms with Gasteiger partial charge in [-0.1, -0.05) is 12.5 Å². The highest BCUT2D eigenvalue weighted by atomic mass is 16.5. The van der Waals surface area contributed by atoms with Crippen LogP contribution in [0.15, 0.2) is 22.6 Å². The van der Waals surface area contributed by atoms with E-state index in [4.69, 9.17) is 14.9 Å². The van der Waals surface area contributed by atoms with Crippen LogP contribution >= 0.6 is 0 Å². The lowest BCUT2D eigenvalue weighted by Gasteiger charge is -2.39. The minimum Gasteiger partial charge on any atom is -0.494 e. The zero-order valence-corrected chi connectivity index (χ0v) is 10.6. The van der Waals surface area contributed by atoms with E-state index in [1.165, 1.54) is 19.3 Å². The third-order valence-electron chi connectivity index (χ3n) is 4.02.